The zero-order valence-electron chi connectivity index (χ0n) is 16.0. The van der Waals surface area contributed by atoms with Crippen molar-refractivity contribution in [2.75, 3.05) is 6.54 Å². The molecule has 3 atom stereocenters. The average Bonchev–Trinajstić information content (AvgIpc) is 3.15. The highest BCUT2D eigenvalue weighted by Crippen LogP contribution is 2.25. The van der Waals surface area contributed by atoms with Gasteiger partial charge in [0.15, 0.2) is 11.6 Å². The molecular weight excluding hydrogens is 435 g/mol. The summed E-state index contributed by atoms with van der Waals surface area (Å²) in [7, 11) is 0. The third kappa shape index (κ3) is 4.23. The van der Waals surface area contributed by atoms with Crippen LogP contribution in [-0.4, -0.2) is 47.3 Å². The maximum Gasteiger partial charge on any atom is 0.254 e. The summed E-state index contributed by atoms with van der Waals surface area (Å²) in [6, 6.07) is 5.49. The van der Waals surface area contributed by atoms with Crippen LogP contribution in [0.25, 0.3) is 0 Å². The van der Waals surface area contributed by atoms with Crippen molar-refractivity contribution in [2.24, 2.45) is 0 Å². The van der Waals surface area contributed by atoms with Crippen molar-refractivity contribution >= 4 is 29.3 Å². The van der Waals surface area contributed by atoms with Gasteiger partial charge in [-0.1, -0.05) is 23.7 Å². The number of nitrogens with zero attached hydrogens (tertiary/aromatic N) is 1. The van der Waals surface area contributed by atoms with E-state index in [0.717, 1.165) is 5.56 Å². The highest BCUT2D eigenvalue weighted by Gasteiger charge is 2.46. The minimum absolute atomic E-state index is 0.0467. The monoisotopic (exact) mass is 451 g/mol. The van der Waals surface area contributed by atoms with Gasteiger partial charge >= 0.3 is 0 Å². The first-order chi connectivity index (χ1) is 14.7. The molecule has 2 aliphatic rings. The van der Waals surface area contributed by atoms with Crippen molar-refractivity contribution in [3.63, 3.8) is 0 Å². The van der Waals surface area contributed by atoms with Crippen molar-refractivity contribution in [1.82, 2.24) is 15.5 Å². The van der Waals surface area contributed by atoms with Gasteiger partial charge in [0.1, 0.15) is 17.9 Å². The lowest BCUT2D eigenvalue weighted by Crippen LogP contribution is -2.61. The van der Waals surface area contributed by atoms with Crippen LogP contribution in [0.4, 0.5) is 13.2 Å². The number of fused-ring (bicyclic) bond motifs is 1. The first kappa shape index (κ1) is 21.2. The molecule has 31 heavy (non-hydrogen) atoms. The fraction of sp³-hybridized carbons (Fsp3) is 0.286. The van der Waals surface area contributed by atoms with Crippen molar-refractivity contribution in [1.29, 1.82) is 0 Å². The number of carbonyl (C=O) groups is 3. The van der Waals surface area contributed by atoms with Crippen molar-refractivity contribution in [3.05, 3.63) is 70.0 Å². The Labute approximate surface area is 180 Å². The molecule has 0 spiro atoms. The van der Waals surface area contributed by atoms with Gasteiger partial charge in [-0.05, 0) is 30.2 Å². The van der Waals surface area contributed by atoms with Gasteiger partial charge in [-0.2, -0.15) is 0 Å². The van der Waals surface area contributed by atoms with E-state index in [9.17, 15) is 27.6 Å². The summed E-state index contributed by atoms with van der Waals surface area (Å²) in [5, 5.41) is 5.75. The highest BCUT2D eigenvalue weighted by atomic mass is 35.5. The lowest BCUT2D eigenvalue weighted by atomic mass is 10.0. The van der Waals surface area contributed by atoms with Crippen LogP contribution in [0.2, 0.25) is 5.02 Å². The van der Waals surface area contributed by atoms with E-state index in [-0.39, 0.29) is 31.2 Å². The van der Waals surface area contributed by atoms with Gasteiger partial charge in [0, 0.05) is 30.1 Å². The molecule has 4 rings (SSSR count). The molecule has 2 aliphatic heterocycles. The largest absolute Gasteiger partial charge is 0.347 e. The van der Waals surface area contributed by atoms with E-state index in [1.54, 1.807) is 24.3 Å². The second kappa shape index (κ2) is 8.22. The van der Waals surface area contributed by atoms with Crippen LogP contribution in [-0.2, 0) is 16.0 Å². The molecule has 0 radical (unpaired) electrons. The number of nitrogens with one attached hydrogen (secondary N) is 2. The summed E-state index contributed by atoms with van der Waals surface area (Å²) in [6.45, 7) is 0.0467. The van der Waals surface area contributed by atoms with Crippen molar-refractivity contribution in [2.45, 2.75) is 31.0 Å². The molecule has 0 saturated carbocycles. The summed E-state index contributed by atoms with van der Waals surface area (Å²) in [6.07, 6.45) is 0.407. The molecule has 3 amide bonds. The molecule has 0 unspecified atom stereocenters. The topological polar surface area (TPSA) is 78.5 Å². The Morgan fingerprint density at radius 2 is 1.77 bits per heavy atom. The van der Waals surface area contributed by atoms with Gasteiger partial charge in [-0.15, -0.1) is 0 Å². The molecule has 2 N–H and O–H groups in total. The normalized spacial score (nSPS) is 22.8. The van der Waals surface area contributed by atoms with Gasteiger partial charge in [-0.3, -0.25) is 14.4 Å². The Bertz CT molecular complexity index is 1060. The van der Waals surface area contributed by atoms with Crippen LogP contribution in [0.1, 0.15) is 22.3 Å². The predicted octanol–water partition coefficient (Wildman–Crippen LogP) is 2.20. The van der Waals surface area contributed by atoms with Crippen LogP contribution in [0.5, 0.6) is 0 Å². The fourth-order valence-corrected chi connectivity index (χ4v) is 4.04. The molecular formula is C21H17ClF3N3O3. The van der Waals surface area contributed by atoms with Crippen LogP contribution in [0.15, 0.2) is 36.4 Å². The molecule has 2 aromatic carbocycles. The third-order valence-corrected chi connectivity index (χ3v) is 5.70. The van der Waals surface area contributed by atoms with E-state index in [1.807, 2.05) is 0 Å². The molecule has 2 aromatic rings. The van der Waals surface area contributed by atoms with E-state index >= 15 is 0 Å². The van der Waals surface area contributed by atoms with Crippen LogP contribution >= 0.6 is 11.6 Å². The van der Waals surface area contributed by atoms with E-state index in [2.05, 4.69) is 10.6 Å². The predicted molar refractivity (Wildman–Crippen MR) is 105 cm³/mol. The van der Waals surface area contributed by atoms with Crippen LogP contribution in [0, 0.1) is 17.5 Å². The molecule has 2 heterocycles. The quantitative estimate of drug-likeness (QED) is 0.700. The Balaban J connectivity index is 1.44. The summed E-state index contributed by atoms with van der Waals surface area (Å²) in [5.41, 5.74) is 0.166. The highest BCUT2D eigenvalue weighted by molar-refractivity contribution is 6.30. The molecule has 162 valence electrons. The number of piperazine rings is 1. The summed E-state index contributed by atoms with van der Waals surface area (Å²) in [4.78, 5) is 39.1. The second-order valence-corrected chi connectivity index (χ2v) is 7.99. The first-order valence-corrected chi connectivity index (χ1v) is 9.91. The zero-order valence-corrected chi connectivity index (χ0v) is 16.8. The van der Waals surface area contributed by atoms with Crippen molar-refractivity contribution in [3.8, 4) is 0 Å². The number of halogens is 4. The molecule has 0 aliphatic carbocycles. The number of amides is 3. The minimum atomic E-state index is -1.40. The summed E-state index contributed by atoms with van der Waals surface area (Å²) < 4.78 is 40.3. The van der Waals surface area contributed by atoms with Gasteiger partial charge in [0.2, 0.25) is 11.8 Å². The van der Waals surface area contributed by atoms with E-state index in [0.29, 0.717) is 17.2 Å². The standard InChI is InChI=1S/C21H17ClF3N3O3/c22-11-3-1-10(2-4-11)5-17-21(31)28-9-12(6-18(28)20(30)27-17)26-19(29)13-7-15(24)16(25)8-14(13)23/h1-4,7-8,12,17-18H,5-6,9H2,(H,26,29)(H,27,30)/t12-,17-,18-/m0/s1. The van der Waals surface area contributed by atoms with Gasteiger partial charge < -0.3 is 15.5 Å². The lowest BCUT2D eigenvalue weighted by molar-refractivity contribution is -0.147. The molecule has 0 aromatic heterocycles. The zero-order chi connectivity index (χ0) is 22.3. The number of carbonyl (C=O) groups excluding carboxylic acids is 3. The Kier molecular flexibility index (Phi) is 5.62. The Hall–Kier alpha value is -3.07. The lowest BCUT2D eigenvalue weighted by Gasteiger charge is -2.34. The molecule has 2 saturated heterocycles. The number of rotatable bonds is 4. The Morgan fingerprint density at radius 1 is 1.10 bits per heavy atom. The minimum Gasteiger partial charge on any atom is -0.347 e. The van der Waals surface area contributed by atoms with Gasteiger partial charge in [0.25, 0.3) is 5.91 Å². The van der Waals surface area contributed by atoms with Crippen LogP contribution in [0.3, 0.4) is 0 Å². The van der Waals surface area contributed by atoms with Gasteiger partial charge in [-0.25, -0.2) is 13.2 Å². The van der Waals surface area contributed by atoms with Crippen molar-refractivity contribution < 1.29 is 27.6 Å². The molecule has 0 bridgehead atoms. The number of hydrogen-bond acceptors (Lipinski definition) is 3. The fourth-order valence-electron chi connectivity index (χ4n) is 3.92. The van der Waals surface area contributed by atoms with Crippen LogP contribution < -0.4 is 10.6 Å². The Morgan fingerprint density at radius 3 is 2.48 bits per heavy atom. The van der Waals surface area contributed by atoms with Gasteiger partial charge in [0.05, 0.1) is 5.56 Å². The SMILES string of the molecule is O=C(N[C@H]1C[C@H]2C(=O)N[C@@H](Cc3ccc(Cl)cc3)C(=O)N2C1)c1cc(F)c(F)cc1F. The smallest absolute Gasteiger partial charge is 0.254 e. The number of benzene rings is 2. The maximum atomic E-state index is 13.9. The molecule has 2 fully saturated rings. The third-order valence-electron chi connectivity index (χ3n) is 5.44. The molecule has 10 heteroatoms. The summed E-state index contributed by atoms with van der Waals surface area (Å²) >= 11 is 5.86. The summed E-state index contributed by atoms with van der Waals surface area (Å²) in [5.74, 6) is -5.56. The molecule has 6 nitrogen and oxygen atoms in total. The van der Waals surface area contributed by atoms with E-state index < -0.39 is 47.0 Å². The van der Waals surface area contributed by atoms with E-state index in [4.69, 9.17) is 11.6 Å². The average molecular weight is 452 g/mol. The number of hydrogen-bond donors (Lipinski definition) is 2. The first-order valence-electron chi connectivity index (χ1n) is 9.53. The second-order valence-electron chi connectivity index (χ2n) is 7.55. The van der Waals surface area contributed by atoms with E-state index in [1.165, 1.54) is 4.90 Å². The maximum absolute atomic E-state index is 13.9.